The van der Waals surface area contributed by atoms with Crippen molar-refractivity contribution in [2.45, 2.75) is 12.7 Å². The summed E-state index contributed by atoms with van der Waals surface area (Å²) in [6.45, 7) is -0.493. The van der Waals surface area contributed by atoms with Gasteiger partial charge in [-0.05, 0) is 24.3 Å². The average molecular weight is 327 g/mol. The fourth-order valence-electron chi connectivity index (χ4n) is 1.80. The summed E-state index contributed by atoms with van der Waals surface area (Å²) in [4.78, 5) is 11.6. The summed E-state index contributed by atoms with van der Waals surface area (Å²) >= 11 is 0. The van der Waals surface area contributed by atoms with Crippen molar-refractivity contribution in [1.29, 1.82) is 0 Å². The van der Waals surface area contributed by atoms with Crippen LogP contribution in [0, 0.1) is 5.82 Å². The minimum Gasteiger partial charge on any atom is -0.484 e. The molecule has 0 spiro atoms. The third-order valence-electron chi connectivity index (χ3n) is 2.97. The van der Waals surface area contributed by atoms with Gasteiger partial charge in [-0.15, -0.1) is 0 Å². The number of halogens is 4. The average Bonchev–Trinajstić information content (AvgIpc) is 2.51. The highest BCUT2D eigenvalue weighted by atomic mass is 19.4. The molecule has 1 N–H and O–H groups in total. The van der Waals surface area contributed by atoms with Gasteiger partial charge in [0.1, 0.15) is 11.6 Å². The molecule has 0 saturated heterocycles. The molecule has 1 amide bonds. The van der Waals surface area contributed by atoms with Gasteiger partial charge in [0.15, 0.2) is 6.61 Å². The molecule has 2 aromatic rings. The molecule has 0 unspecified atom stereocenters. The molecule has 0 radical (unpaired) electrons. The Bertz CT molecular complexity index is 686. The smallest absolute Gasteiger partial charge is 0.416 e. The summed E-state index contributed by atoms with van der Waals surface area (Å²) in [5.41, 5.74) is -0.554. The number of amides is 1. The second-order valence-electron chi connectivity index (χ2n) is 4.68. The van der Waals surface area contributed by atoms with Crippen LogP contribution in [0.25, 0.3) is 0 Å². The zero-order valence-electron chi connectivity index (χ0n) is 11.9. The summed E-state index contributed by atoms with van der Waals surface area (Å²) in [5, 5.41) is 2.43. The van der Waals surface area contributed by atoms with E-state index in [9.17, 15) is 22.4 Å². The SMILES string of the molecule is O=C(COc1cccc(C(F)(F)F)c1)NCc1ccccc1F. The van der Waals surface area contributed by atoms with Crippen molar-refractivity contribution < 1.29 is 27.1 Å². The molecular formula is C16H13F4NO2. The zero-order chi connectivity index (χ0) is 16.9. The molecule has 0 bridgehead atoms. The summed E-state index contributed by atoms with van der Waals surface area (Å²) in [7, 11) is 0. The fraction of sp³-hybridized carbons (Fsp3) is 0.188. The maximum Gasteiger partial charge on any atom is 0.416 e. The molecule has 0 heterocycles. The van der Waals surface area contributed by atoms with Gasteiger partial charge in [0.05, 0.1) is 5.56 Å². The molecule has 23 heavy (non-hydrogen) atoms. The van der Waals surface area contributed by atoms with Crippen molar-refractivity contribution in [1.82, 2.24) is 5.32 Å². The second-order valence-corrected chi connectivity index (χ2v) is 4.68. The Labute approximate surface area is 129 Å². The first kappa shape index (κ1) is 16.8. The lowest BCUT2D eigenvalue weighted by Crippen LogP contribution is -2.28. The third kappa shape index (κ3) is 4.98. The summed E-state index contributed by atoms with van der Waals surface area (Å²) in [5.74, 6) is -1.09. The van der Waals surface area contributed by atoms with Crippen LogP contribution in [-0.4, -0.2) is 12.5 Å². The Morgan fingerprint density at radius 1 is 1.09 bits per heavy atom. The molecule has 3 nitrogen and oxygen atoms in total. The van der Waals surface area contributed by atoms with E-state index in [0.717, 1.165) is 12.1 Å². The maximum atomic E-state index is 13.4. The predicted molar refractivity (Wildman–Crippen MR) is 75.2 cm³/mol. The number of carbonyl (C=O) groups excluding carboxylic acids is 1. The molecule has 0 fully saturated rings. The minimum absolute atomic E-state index is 0.0303. The molecule has 0 aliphatic carbocycles. The lowest BCUT2D eigenvalue weighted by Gasteiger charge is -2.10. The van der Waals surface area contributed by atoms with E-state index in [1.165, 1.54) is 30.3 Å². The predicted octanol–water partition coefficient (Wildman–Crippen LogP) is 3.54. The highest BCUT2D eigenvalue weighted by Crippen LogP contribution is 2.31. The number of hydrogen-bond donors (Lipinski definition) is 1. The molecule has 2 rings (SSSR count). The van der Waals surface area contributed by atoms with Crippen LogP contribution < -0.4 is 10.1 Å². The zero-order valence-corrected chi connectivity index (χ0v) is 11.9. The topological polar surface area (TPSA) is 38.3 Å². The normalized spacial score (nSPS) is 11.1. The molecule has 0 aliphatic heterocycles. The Morgan fingerprint density at radius 3 is 2.52 bits per heavy atom. The van der Waals surface area contributed by atoms with Crippen molar-refractivity contribution in [3.63, 3.8) is 0 Å². The van der Waals surface area contributed by atoms with E-state index in [1.54, 1.807) is 6.07 Å². The maximum absolute atomic E-state index is 13.4. The molecule has 0 aliphatic rings. The second kappa shape index (κ2) is 7.13. The van der Waals surface area contributed by atoms with Crippen molar-refractivity contribution in [2.24, 2.45) is 0 Å². The number of ether oxygens (including phenoxy) is 1. The number of nitrogens with one attached hydrogen (secondary N) is 1. The first-order valence-corrected chi connectivity index (χ1v) is 6.66. The minimum atomic E-state index is -4.48. The number of alkyl halides is 3. The number of benzene rings is 2. The van der Waals surface area contributed by atoms with Gasteiger partial charge in [0, 0.05) is 12.1 Å². The van der Waals surface area contributed by atoms with Crippen LogP contribution >= 0.6 is 0 Å². The Balaban J connectivity index is 1.86. The van der Waals surface area contributed by atoms with E-state index in [1.807, 2.05) is 0 Å². The number of hydrogen-bond acceptors (Lipinski definition) is 2. The van der Waals surface area contributed by atoms with Crippen molar-refractivity contribution >= 4 is 5.91 Å². The van der Waals surface area contributed by atoms with Gasteiger partial charge in [0.2, 0.25) is 0 Å². The first-order valence-electron chi connectivity index (χ1n) is 6.66. The fourth-order valence-corrected chi connectivity index (χ4v) is 1.80. The van der Waals surface area contributed by atoms with Gasteiger partial charge >= 0.3 is 6.18 Å². The monoisotopic (exact) mass is 327 g/mol. The molecule has 7 heteroatoms. The summed E-state index contributed by atoms with van der Waals surface area (Å²) in [6.07, 6.45) is -4.48. The lowest BCUT2D eigenvalue weighted by atomic mass is 10.2. The van der Waals surface area contributed by atoms with Crippen LogP contribution in [0.2, 0.25) is 0 Å². The van der Waals surface area contributed by atoms with Gasteiger partial charge in [0.25, 0.3) is 5.91 Å². The van der Waals surface area contributed by atoms with E-state index in [4.69, 9.17) is 4.74 Å². The van der Waals surface area contributed by atoms with Gasteiger partial charge < -0.3 is 10.1 Å². The van der Waals surface area contributed by atoms with Gasteiger partial charge in [-0.2, -0.15) is 13.2 Å². The molecule has 0 saturated carbocycles. The third-order valence-corrected chi connectivity index (χ3v) is 2.97. The highest BCUT2D eigenvalue weighted by molar-refractivity contribution is 5.77. The Hall–Kier alpha value is -2.57. The molecule has 0 aromatic heterocycles. The molecular weight excluding hydrogens is 314 g/mol. The lowest BCUT2D eigenvalue weighted by molar-refractivity contribution is -0.137. The largest absolute Gasteiger partial charge is 0.484 e. The van der Waals surface area contributed by atoms with E-state index in [0.29, 0.717) is 5.56 Å². The van der Waals surface area contributed by atoms with Crippen LogP contribution in [0.3, 0.4) is 0 Å². The molecule has 2 aromatic carbocycles. The molecule has 0 atom stereocenters. The van der Waals surface area contributed by atoms with Gasteiger partial charge in [-0.25, -0.2) is 4.39 Å². The molecule has 122 valence electrons. The van der Waals surface area contributed by atoms with E-state index in [-0.39, 0.29) is 12.3 Å². The van der Waals surface area contributed by atoms with Gasteiger partial charge in [-0.1, -0.05) is 24.3 Å². The summed E-state index contributed by atoms with van der Waals surface area (Å²) < 4.78 is 56.0. The van der Waals surface area contributed by atoms with Crippen molar-refractivity contribution in [3.8, 4) is 5.75 Å². The van der Waals surface area contributed by atoms with Crippen LogP contribution in [0.5, 0.6) is 5.75 Å². The Kier molecular flexibility index (Phi) is 5.20. The highest BCUT2D eigenvalue weighted by Gasteiger charge is 2.30. The standard InChI is InChI=1S/C16H13F4NO2/c17-14-7-2-1-4-11(14)9-21-15(22)10-23-13-6-3-5-12(8-13)16(18,19)20/h1-8H,9-10H2,(H,21,22). The van der Waals surface area contributed by atoms with E-state index < -0.39 is 30.1 Å². The van der Waals surface area contributed by atoms with E-state index >= 15 is 0 Å². The van der Waals surface area contributed by atoms with Crippen molar-refractivity contribution in [2.75, 3.05) is 6.61 Å². The van der Waals surface area contributed by atoms with Crippen molar-refractivity contribution in [3.05, 3.63) is 65.5 Å². The summed E-state index contributed by atoms with van der Waals surface area (Å²) in [6, 6.07) is 10.2. The van der Waals surface area contributed by atoms with Crippen LogP contribution in [0.1, 0.15) is 11.1 Å². The number of carbonyl (C=O) groups is 1. The van der Waals surface area contributed by atoms with Crippen LogP contribution in [0.15, 0.2) is 48.5 Å². The van der Waals surface area contributed by atoms with Crippen LogP contribution in [0.4, 0.5) is 17.6 Å². The van der Waals surface area contributed by atoms with Gasteiger partial charge in [-0.3, -0.25) is 4.79 Å². The number of rotatable bonds is 5. The Morgan fingerprint density at radius 2 is 1.83 bits per heavy atom. The van der Waals surface area contributed by atoms with E-state index in [2.05, 4.69) is 5.32 Å². The quantitative estimate of drug-likeness (QED) is 0.853. The van der Waals surface area contributed by atoms with Crippen LogP contribution in [-0.2, 0) is 17.5 Å². The first-order chi connectivity index (χ1) is 10.9.